The van der Waals surface area contributed by atoms with Crippen LogP contribution in [0.4, 0.5) is 5.69 Å². The highest BCUT2D eigenvalue weighted by molar-refractivity contribution is 7.80. The summed E-state index contributed by atoms with van der Waals surface area (Å²) < 4.78 is 23.0. The molecule has 19 heavy (non-hydrogen) atoms. The van der Waals surface area contributed by atoms with Crippen molar-refractivity contribution in [1.82, 2.24) is 0 Å². The van der Waals surface area contributed by atoms with Crippen molar-refractivity contribution >= 4 is 51.5 Å². The lowest BCUT2D eigenvalue weighted by Gasteiger charge is -2.18. The van der Waals surface area contributed by atoms with Crippen LogP contribution in [0.15, 0.2) is 36.4 Å². The van der Waals surface area contributed by atoms with Gasteiger partial charge in [-0.3, -0.25) is 8.86 Å². The summed E-state index contributed by atoms with van der Waals surface area (Å²) in [5, 5.41) is 0. The highest BCUT2D eigenvalue weighted by Gasteiger charge is 2.18. The summed E-state index contributed by atoms with van der Waals surface area (Å²) in [4.78, 5) is 0. The van der Waals surface area contributed by atoms with Crippen molar-refractivity contribution in [2.24, 2.45) is 0 Å². The SMILES string of the molecule is O=S(O)N(CCc1ccccc1)c1cc(Cl)sc1Cl. The minimum Gasteiger partial charge on any atom is -0.289 e. The molecule has 0 fully saturated rings. The Bertz CT molecular complexity index is 574. The molecule has 1 unspecified atom stereocenters. The third kappa shape index (κ3) is 3.94. The minimum atomic E-state index is -2.13. The molecule has 7 heteroatoms. The van der Waals surface area contributed by atoms with E-state index in [1.54, 1.807) is 6.07 Å². The van der Waals surface area contributed by atoms with E-state index in [1.165, 1.54) is 15.6 Å². The molecule has 1 atom stereocenters. The van der Waals surface area contributed by atoms with Crippen LogP contribution in [0.25, 0.3) is 0 Å². The zero-order valence-electron chi connectivity index (χ0n) is 9.75. The second kappa shape index (κ2) is 6.72. The van der Waals surface area contributed by atoms with Crippen molar-refractivity contribution < 1.29 is 8.76 Å². The maximum Gasteiger partial charge on any atom is 0.261 e. The lowest BCUT2D eigenvalue weighted by atomic mass is 10.1. The number of hydrogen-bond donors (Lipinski definition) is 1. The average molecular weight is 336 g/mol. The molecule has 0 radical (unpaired) electrons. The number of thiophene rings is 1. The number of nitrogens with zero attached hydrogens (tertiary/aromatic N) is 1. The predicted octanol–water partition coefficient (Wildman–Crippen LogP) is 4.24. The molecule has 0 amide bonds. The highest BCUT2D eigenvalue weighted by atomic mass is 35.5. The van der Waals surface area contributed by atoms with E-state index in [2.05, 4.69) is 0 Å². The highest BCUT2D eigenvalue weighted by Crippen LogP contribution is 2.38. The zero-order valence-corrected chi connectivity index (χ0v) is 12.9. The molecule has 1 aromatic heterocycles. The van der Waals surface area contributed by atoms with Crippen molar-refractivity contribution in [2.45, 2.75) is 6.42 Å². The Balaban J connectivity index is 2.13. The molecule has 102 valence electrons. The van der Waals surface area contributed by atoms with Crippen LogP contribution in [0.3, 0.4) is 0 Å². The summed E-state index contributed by atoms with van der Waals surface area (Å²) in [5.74, 6) is 0. The monoisotopic (exact) mass is 335 g/mol. The molecule has 2 rings (SSSR count). The van der Waals surface area contributed by atoms with Gasteiger partial charge in [0.2, 0.25) is 0 Å². The fourth-order valence-corrected chi connectivity index (χ4v) is 3.80. The van der Waals surface area contributed by atoms with Gasteiger partial charge < -0.3 is 0 Å². The van der Waals surface area contributed by atoms with Crippen molar-refractivity contribution in [1.29, 1.82) is 0 Å². The number of anilines is 1. The van der Waals surface area contributed by atoms with Crippen LogP contribution in [0.1, 0.15) is 5.56 Å². The van der Waals surface area contributed by atoms with Crippen molar-refractivity contribution in [2.75, 3.05) is 10.8 Å². The Morgan fingerprint density at radius 3 is 2.47 bits per heavy atom. The van der Waals surface area contributed by atoms with Gasteiger partial charge in [-0.25, -0.2) is 4.21 Å². The summed E-state index contributed by atoms with van der Waals surface area (Å²) in [6.07, 6.45) is 0.650. The molecule has 0 saturated carbocycles. The van der Waals surface area contributed by atoms with Crippen LogP contribution in [0, 0.1) is 0 Å². The first-order valence-corrected chi connectivity index (χ1v) is 8.09. The molecule has 0 saturated heterocycles. The number of halogens is 2. The quantitative estimate of drug-likeness (QED) is 0.830. The topological polar surface area (TPSA) is 40.5 Å². The van der Waals surface area contributed by atoms with Gasteiger partial charge in [-0.2, -0.15) is 0 Å². The van der Waals surface area contributed by atoms with Crippen LogP contribution in [0.5, 0.6) is 0 Å². The Kier molecular flexibility index (Phi) is 5.24. The normalized spacial score (nSPS) is 12.4. The van der Waals surface area contributed by atoms with E-state index in [0.29, 0.717) is 27.3 Å². The Morgan fingerprint density at radius 2 is 1.95 bits per heavy atom. The third-order valence-corrected chi connectivity index (χ3v) is 4.77. The van der Waals surface area contributed by atoms with Crippen LogP contribution in [0.2, 0.25) is 8.67 Å². The Labute approximate surface area is 128 Å². The van der Waals surface area contributed by atoms with E-state index >= 15 is 0 Å². The van der Waals surface area contributed by atoms with Crippen molar-refractivity contribution in [3.8, 4) is 0 Å². The van der Waals surface area contributed by atoms with Gasteiger partial charge in [-0.1, -0.05) is 53.5 Å². The van der Waals surface area contributed by atoms with E-state index in [9.17, 15) is 8.76 Å². The molecule has 1 heterocycles. The van der Waals surface area contributed by atoms with Crippen LogP contribution >= 0.6 is 34.5 Å². The van der Waals surface area contributed by atoms with E-state index in [0.717, 1.165) is 5.56 Å². The maximum atomic E-state index is 11.4. The van der Waals surface area contributed by atoms with Crippen LogP contribution < -0.4 is 4.31 Å². The molecule has 0 aliphatic heterocycles. The molecule has 2 aromatic rings. The smallest absolute Gasteiger partial charge is 0.261 e. The minimum absolute atomic E-state index is 0.389. The largest absolute Gasteiger partial charge is 0.289 e. The van der Waals surface area contributed by atoms with Gasteiger partial charge in [0, 0.05) is 6.54 Å². The van der Waals surface area contributed by atoms with Gasteiger partial charge in [-0.05, 0) is 18.1 Å². The molecule has 0 aliphatic carbocycles. The summed E-state index contributed by atoms with van der Waals surface area (Å²) in [6.45, 7) is 0.389. The fourth-order valence-electron chi connectivity index (χ4n) is 1.66. The molecule has 0 bridgehead atoms. The molecule has 0 aliphatic rings. The number of hydrogen-bond acceptors (Lipinski definition) is 2. The molecule has 0 spiro atoms. The van der Waals surface area contributed by atoms with E-state index in [-0.39, 0.29) is 0 Å². The second-order valence-corrected chi connectivity index (χ2v) is 6.97. The number of rotatable bonds is 5. The third-order valence-electron chi connectivity index (χ3n) is 2.54. The lowest BCUT2D eigenvalue weighted by molar-refractivity contribution is 0.559. The van der Waals surface area contributed by atoms with Gasteiger partial charge in [0.1, 0.15) is 4.34 Å². The summed E-state index contributed by atoms with van der Waals surface area (Å²) in [6, 6.07) is 11.4. The van der Waals surface area contributed by atoms with Crippen LogP contribution in [-0.4, -0.2) is 15.3 Å². The van der Waals surface area contributed by atoms with Gasteiger partial charge in [0.05, 0.1) is 10.0 Å². The molecular formula is C12H11Cl2NO2S2. The predicted molar refractivity (Wildman–Crippen MR) is 82.6 cm³/mol. The first-order chi connectivity index (χ1) is 9.08. The van der Waals surface area contributed by atoms with Crippen LogP contribution in [-0.2, 0) is 17.7 Å². The molecule has 1 N–H and O–H groups in total. The van der Waals surface area contributed by atoms with Gasteiger partial charge in [0.25, 0.3) is 11.3 Å². The van der Waals surface area contributed by atoms with E-state index in [4.69, 9.17) is 23.2 Å². The first-order valence-electron chi connectivity index (χ1n) is 5.45. The summed E-state index contributed by atoms with van der Waals surface area (Å²) in [7, 11) is 0. The standard InChI is InChI=1S/C12H11Cl2NO2S2/c13-11-8-10(12(14)18-11)15(19(16)17)7-6-9-4-2-1-3-5-9/h1-5,8H,6-7H2,(H,16,17). The van der Waals surface area contributed by atoms with Crippen molar-refractivity contribution in [3.05, 3.63) is 50.6 Å². The second-order valence-electron chi connectivity index (χ2n) is 3.78. The maximum absolute atomic E-state index is 11.4. The molecule has 1 aromatic carbocycles. The zero-order chi connectivity index (χ0) is 13.8. The lowest BCUT2D eigenvalue weighted by Crippen LogP contribution is -2.27. The Hall–Kier alpha value is -0.590. The summed E-state index contributed by atoms with van der Waals surface area (Å²) >= 11 is 10.9. The summed E-state index contributed by atoms with van der Waals surface area (Å²) in [5.41, 5.74) is 1.59. The van der Waals surface area contributed by atoms with Crippen molar-refractivity contribution in [3.63, 3.8) is 0 Å². The van der Waals surface area contributed by atoms with E-state index < -0.39 is 11.3 Å². The van der Waals surface area contributed by atoms with Gasteiger partial charge in [0.15, 0.2) is 0 Å². The average Bonchev–Trinajstić information content (AvgIpc) is 2.70. The van der Waals surface area contributed by atoms with E-state index in [1.807, 2.05) is 30.3 Å². The molecule has 3 nitrogen and oxygen atoms in total. The number of benzene rings is 1. The molecular weight excluding hydrogens is 325 g/mol. The Morgan fingerprint density at radius 1 is 1.26 bits per heavy atom. The first kappa shape index (κ1) is 14.8. The van der Waals surface area contributed by atoms with Gasteiger partial charge >= 0.3 is 0 Å². The fraction of sp³-hybridized carbons (Fsp3) is 0.167. The van der Waals surface area contributed by atoms with Gasteiger partial charge in [-0.15, -0.1) is 11.3 Å².